The molecule has 1 heterocycles. The van der Waals surface area contributed by atoms with Crippen LogP contribution in [-0.2, 0) is 0 Å². The van der Waals surface area contributed by atoms with Gasteiger partial charge in [-0.05, 0) is 25.1 Å². The minimum Gasteiger partial charge on any atom is -0.478 e. The number of fused-ring (bicyclic) bond motifs is 1. The number of carbonyl (C=O) groups is 1. The lowest BCUT2D eigenvalue weighted by Crippen LogP contribution is -2.22. The van der Waals surface area contributed by atoms with Gasteiger partial charge < -0.3 is 14.4 Å². The Bertz CT molecular complexity index is 589. The van der Waals surface area contributed by atoms with E-state index in [0.29, 0.717) is 23.7 Å². The monoisotopic (exact) mass is 246 g/mol. The molecular formula is C13H14N2O3. The molecule has 5 nitrogen and oxygen atoms in total. The molecule has 1 aromatic carbocycles. The van der Waals surface area contributed by atoms with Gasteiger partial charge in [-0.1, -0.05) is 6.08 Å². The van der Waals surface area contributed by atoms with Crippen molar-refractivity contribution in [3.63, 3.8) is 0 Å². The Morgan fingerprint density at radius 1 is 1.61 bits per heavy atom. The van der Waals surface area contributed by atoms with Crippen molar-refractivity contribution in [1.29, 1.82) is 0 Å². The van der Waals surface area contributed by atoms with Crippen molar-refractivity contribution in [2.24, 2.45) is 0 Å². The highest BCUT2D eigenvalue weighted by Crippen LogP contribution is 2.22. The SMILES string of the molecule is C=CCN(CC)c1nc2ccc(C(=O)O)cc2o1. The number of carboxylic acids is 1. The second kappa shape index (κ2) is 4.91. The van der Waals surface area contributed by atoms with Crippen molar-refractivity contribution in [3.8, 4) is 0 Å². The first-order chi connectivity index (χ1) is 8.65. The van der Waals surface area contributed by atoms with Crippen molar-refractivity contribution in [3.05, 3.63) is 36.4 Å². The molecule has 0 amide bonds. The van der Waals surface area contributed by atoms with Gasteiger partial charge in [0.05, 0.1) is 5.56 Å². The molecule has 0 aliphatic carbocycles. The molecule has 5 heteroatoms. The number of aromatic nitrogens is 1. The summed E-state index contributed by atoms with van der Waals surface area (Å²) in [6.07, 6.45) is 1.76. The zero-order valence-corrected chi connectivity index (χ0v) is 10.1. The predicted molar refractivity (Wildman–Crippen MR) is 69.1 cm³/mol. The molecule has 0 radical (unpaired) electrons. The first kappa shape index (κ1) is 12.2. The van der Waals surface area contributed by atoms with Crippen LogP contribution in [0.4, 0.5) is 6.01 Å². The van der Waals surface area contributed by atoms with E-state index < -0.39 is 5.97 Å². The lowest BCUT2D eigenvalue weighted by Gasteiger charge is -2.15. The van der Waals surface area contributed by atoms with Crippen molar-refractivity contribution >= 4 is 23.1 Å². The maximum atomic E-state index is 10.9. The number of likely N-dealkylation sites (N-methyl/N-ethyl adjacent to an activating group) is 1. The molecule has 0 aliphatic rings. The van der Waals surface area contributed by atoms with E-state index in [4.69, 9.17) is 9.52 Å². The highest BCUT2D eigenvalue weighted by Gasteiger charge is 2.13. The van der Waals surface area contributed by atoms with E-state index >= 15 is 0 Å². The van der Waals surface area contributed by atoms with E-state index in [1.54, 1.807) is 12.1 Å². The summed E-state index contributed by atoms with van der Waals surface area (Å²) in [6, 6.07) is 5.12. The molecule has 0 bridgehead atoms. The number of rotatable bonds is 5. The Morgan fingerprint density at radius 3 is 3.00 bits per heavy atom. The van der Waals surface area contributed by atoms with Gasteiger partial charge in [0.2, 0.25) is 0 Å². The van der Waals surface area contributed by atoms with Gasteiger partial charge in [0.25, 0.3) is 6.01 Å². The maximum absolute atomic E-state index is 10.9. The van der Waals surface area contributed by atoms with Crippen molar-refractivity contribution < 1.29 is 14.3 Å². The largest absolute Gasteiger partial charge is 0.478 e. The van der Waals surface area contributed by atoms with Gasteiger partial charge in [-0.15, -0.1) is 6.58 Å². The van der Waals surface area contributed by atoms with Gasteiger partial charge in [0.1, 0.15) is 5.52 Å². The van der Waals surface area contributed by atoms with E-state index in [0.717, 1.165) is 6.54 Å². The first-order valence-corrected chi connectivity index (χ1v) is 5.65. The van der Waals surface area contributed by atoms with Crippen LogP contribution in [0.2, 0.25) is 0 Å². The van der Waals surface area contributed by atoms with Gasteiger partial charge in [-0.25, -0.2) is 4.79 Å². The van der Waals surface area contributed by atoms with Crippen LogP contribution in [-0.4, -0.2) is 29.1 Å². The highest BCUT2D eigenvalue weighted by atomic mass is 16.4. The maximum Gasteiger partial charge on any atom is 0.335 e. The number of nitrogens with zero attached hydrogens (tertiary/aromatic N) is 2. The molecule has 2 aromatic rings. The number of hydrogen-bond donors (Lipinski definition) is 1. The molecule has 1 N–H and O–H groups in total. The van der Waals surface area contributed by atoms with Crippen molar-refractivity contribution in [1.82, 2.24) is 4.98 Å². The molecule has 0 saturated carbocycles. The van der Waals surface area contributed by atoms with E-state index in [-0.39, 0.29) is 5.56 Å². The summed E-state index contributed by atoms with van der Waals surface area (Å²) in [6.45, 7) is 7.04. The molecule has 0 unspecified atom stereocenters. The van der Waals surface area contributed by atoms with Gasteiger partial charge in [0, 0.05) is 13.1 Å². The molecule has 1 aromatic heterocycles. The average Bonchev–Trinajstić information content (AvgIpc) is 2.78. The van der Waals surface area contributed by atoms with Crippen molar-refractivity contribution in [2.45, 2.75) is 6.92 Å². The fourth-order valence-electron chi connectivity index (χ4n) is 1.68. The summed E-state index contributed by atoms with van der Waals surface area (Å²) in [7, 11) is 0. The molecule has 0 fully saturated rings. The van der Waals surface area contributed by atoms with E-state index in [1.807, 2.05) is 11.8 Å². The predicted octanol–water partition coefficient (Wildman–Crippen LogP) is 2.54. The fraction of sp³-hybridized carbons (Fsp3) is 0.231. The van der Waals surface area contributed by atoms with Gasteiger partial charge in [0.15, 0.2) is 5.58 Å². The van der Waals surface area contributed by atoms with Crippen LogP contribution < -0.4 is 4.90 Å². The number of oxazole rings is 1. The first-order valence-electron chi connectivity index (χ1n) is 5.65. The lowest BCUT2D eigenvalue weighted by molar-refractivity contribution is 0.0697. The number of benzene rings is 1. The quantitative estimate of drug-likeness (QED) is 0.821. The van der Waals surface area contributed by atoms with E-state index in [9.17, 15) is 4.79 Å². The fourth-order valence-corrected chi connectivity index (χ4v) is 1.68. The number of anilines is 1. The van der Waals surface area contributed by atoms with E-state index in [1.165, 1.54) is 12.1 Å². The molecule has 2 rings (SSSR count). The Kier molecular flexibility index (Phi) is 3.32. The molecule has 0 saturated heterocycles. The molecule has 0 aliphatic heterocycles. The number of hydrogen-bond acceptors (Lipinski definition) is 4. The smallest absolute Gasteiger partial charge is 0.335 e. The minimum absolute atomic E-state index is 0.192. The third-order valence-corrected chi connectivity index (χ3v) is 2.63. The number of carboxylic acid groups (broad SMARTS) is 1. The zero-order chi connectivity index (χ0) is 13.1. The van der Waals surface area contributed by atoms with Gasteiger partial charge in [-0.2, -0.15) is 4.98 Å². The molecular weight excluding hydrogens is 232 g/mol. The minimum atomic E-state index is -0.978. The van der Waals surface area contributed by atoms with E-state index in [2.05, 4.69) is 11.6 Å². The summed E-state index contributed by atoms with van der Waals surface area (Å²) >= 11 is 0. The van der Waals surface area contributed by atoms with Crippen LogP contribution in [0.1, 0.15) is 17.3 Å². The Hall–Kier alpha value is -2.30. The van der Waals surface area contributed by atoms with Gasteiger partial charge >= 0.3 is 5.97 Å². The van der Waals surface area contributed by atoms with Crippen LogP contribution in [0, 0.1) is 0 Å². The average molecular weight is 246 g/mol. The lowest BCUT2D eigenvalue weighted by atomic mass is 10.2. The number of aromatic carboxylic acids is 1. The summed E-state index contributed by atoms with van der Waals surface area (Å²) in [4.78, 5) is 17.1. The molecule has 94 valence electrons. The summed E-state index contributed by atoms with van der Waals surface area (Å²) in [5.41, 5.74) is 1.32. The standard InChI is InChI=1S/C13H14N2O3/c1-3-7-15(4-2)13-14-10-6-5-9(12(16)17)8-11(10)18-13/h3,5-6,8H,1,4,7H2,2H3,(H,16,17). The second-order valence-electron chi connectivity index (χ2n) is 3.81. The topological polar surface area (TPSA) is 66.6 Å². The Balaban J connectivity index is 2.43. The summed E-state index contributed by atoms with van der Waals surface area (Å²) < 4.78 is 5.57. The zero-order valence-electron chi connectivity index (χ0n) is 10.1. The third kappa shape index (κ3) is 2.20. The van der Waals surface area contributed by atoms with Crippen molar-refractivity contribution in [2.75, 3.05) is 18.0 Å². The van der Waals surface area contributed by atoms with Crippen LogP contribution in [0.15, 0.2) is 35.3 Å². The van der Waals surface area contributed by atoms with Crippen LogP contribution in [0.25, 0.3) is 11.1 Å². The molecule has 0 atom stereocenters. The molecule has 0 spiro atoms. The second-order valence-corrected chi connectivity index (χ2v) is 3.81. The Labute approximate surface area is 104 Å². The third-order valence-electron chi connectivity index (χ3n) is 2.63. The van der Waals surface area contributed by atoms with Crippen LogP contribution >= 0.6 is 0 Å². The summed E-state index contributed by atoms with van der Waals surface area (Å²) in [5, 5.41) is 8.90. The van der Waals surface area contributed by atoms with Crippen LogP contribution in [0.3, 0.4) is 0 Å². The molecule has 18 heavy (non-hydrogen) atoms. The van der Waals surface area contributed by atoms with Gasteiger partial charge in [-0.3, -0.25) is 0 Å². The van der Waals surface area contributed by atoms with Crippen LogP contribution in [0.5, 0.6) is 0 Å². The highest BCUT2D eigenvalue weighted by molar-refractivity contribution is 5.92. The summed E-state index contributed by atoms with van der Waals surface area (Å²) in [5.74, 6) is -0.978. The normalized spacial score (nSPS) is 10.5. The Morgan fingerprint density at radius 2 is 2.39 bits per heavy atom.